The number of ketones is 1. The molecule has 3 nitrogen and oxygen atoms in total. The van der Waals surface area contributed by atoms with E-state index in [-0.39, 0.29) is 5.78 Å². The van der Waals surface area contributed by atoms with Crippen molar-refractivity contribution in [2.24, 2.45) is 22.7 Å². The Bertz CT molecular complexity index is 463. The molecular formula is C22H39FN2O. The first kappa shape index (κ1) is 24.7. The molecule has 0 amide bonds. The molecule has 1 aliphatic carbocycles. The van der Waals surface area contributed by atoms with Crippen molar-refractivity contribution in [1.82, 2.24) is 4.90 Å². The highest BCUT2D eigenvalue weighted by Gasteiger charge is 2.30. The minimum atomic E-state index is 0.158. The fourth-order valence-corrected chi connectivity index (χ4v) is 3.33. The van der Waals surface area contributed by atoms with E-state index in [1.165, 1.54) is 44.5 Å². The summed E-state index contributed by atoms with van der Waals surface area (Å²) in [6, 6.07) is 0. The van der Waals surface area contributed by atoms with Crippen molar-refractivity contribution in [2.75, 3.05) is 33.9 Å². The molecule has 0 aromatic carbocycles. The van der Waals surface area contributed by atoms with Gasteiger partial charge in [0.2, 0.25) is 0 Å². The summed E-state index contributed by atoms with van der Waals surface area (Å²) < 4.78 is 9.50. The molecule has 3 saturated heterocycles. The monoisotopic (exact) mass is 366 g/mol. The molecule has 0 aromatic heterocycles. The topological polar surface area (TPSA) is 32.7 Å². The van der Waals surface area contributed by atoms with Crippen molar-refractivity contribution < 1.29 is 9.18 Å². The van der Waals surface area contributed by atoms with Crippen molar-refractivity contribution in [2.45, 2.75) is 53.4 Å². The van der Waals surface area contributed by atoms with Crippen LogP contribution in [0.5, 0.6) is 0 Å². The Labute approximate surface area is 160 Å². The third kappa shape index (κ3) is 10.6. The summed E-state index contributed by atoms with van der Waals surface area (Å²) in [4.78, 5) is 16.3. The third-order valence-electron chi connectivity index (χ3n) is 5.31. The van der Waals surface area contributed by atoms with Crippen LogP contribution in [0.1, 0.15) is 53.4 Å². The zero-order valence-electron chi connectivity index (χ0n) is 17.7. The Kier molecular flexibility index (Phi) is 14.1. The smallest absolute Gasteiger partial charge is 0.135 e. The van der Waals surface area contributed by atoms with Gasteiger partial charge in [-0.25, -0.2) is 0 Å². The van der Waals surface area contributed by atoms with Crippen LogP contribution in [-0.4, -0.2) is 50.8 Å². The van der Waals surface area contributed by atoms with E-state index >= 15 is 0 Å². The number of allylic oxidation sites excluding steroid dienone is 4. The normalized spacial score (nSPS) is 28.7. The number of fused-ring (bicyclic) bond motifs is 3. The van der Waals surface area contributed by atoms with Gasteiger partial charge >= 0.3 is 0 Å². The van der Waals surface area contributed by atoms with Gasteiger partial charge in [0.15, 0.2) is 0 Å². The average Bonchev–Trinajstić information content (AvgIpc) is 2.66. The first-order valence-electron chi connectivity index (χ1n) is 9.77. The summed E-state index contributed by atoms with van der Waals surface area (Å²) in [5, 5.41) is 0. The van der Waals surface area contributed by atoms with Crippen LogP contribution < -0.4 is 0 Å². The van der Waals surface area contributed by atoms with E-state index in [1.807, 2.05) is 0 Å². The molecule has 0 N–H and O–H groups in total. The second kappa shape index (κ2) is 14.8. The molecule has 2 atom stereocenters. The largest absolute Gasteiger partial charge is 0.303 e. The predicted octanol–water partition coefficient (Wildman–Crippen LogP) is 5.13. The van der Waals surface area contributed by atoms with E-state index in [2.05, 4.69) is 48.9 Å². The summed E-state index contributed by atoms with van der Waals surface area (Å²) >= 11 is 0. The lowest BCUT2D eigenvalue weighted by Gasteiger charge is -2.43. The molecule has 4 heteroatoms. The summed E-state index contributed by atoms with van der Waals surface area (Å²) in [6.07, 6.45) is 12.8. The molecule has 4 aliphatic rings. The number of hydrogen-bond acceptors (Lipinski definition) is 3. The van der Waals surface area contributed by atoms with E-state index in [0.717, 1.165) is 17.8 Å². The van der Waals surface area contributed by atoms with E-state index in [4.69, 9.17) is 0 Å². The maximum absolute atomic E-state index is 10.1. The number of aliphatic imine (C=N–C) groups is 1. The molecule has 2 bridgehead atoms. The van der Waals surface area contributed by atoms with Crippen LogP contribution in [-0.2, 0) is 4.79 Å². The van der Waals surface area contributed by atoms with Gasteiger partial charge < -0.3 is 9.89 Å². The standard InChI is InChI=1S/C8H15N.C8H12.C5H9NO.CH3F/c1-7-6-9-4-2-8(7)3-5-9;1-7-5-3-4-6-8(7)2;1-5(7)3-4-6-2;1-2/h7-8H,2-6H2,1H3;3-5,8H,6H2,1-2H3;4H,3H2,1-2H3;1H3. The number of hydrogen-bond donors (Lipinski definition) is 0. The summed E-state index contributed by atoms with van der Waals surface area (Å²) in [5.74, 6) is 3.01. The number of rotatable bonds is 2. The molecular weight excluding hydrogens is 327 g/mol. The Morgan fingerprint density at radius 1 is 1.31 bits per heavy atom. The molecule has 3 fully saturated rings. The third-order valence-corrected chi connectivity index (χ3v) is 5.31. The van der Waals surface area contributed by atoms with Gasteiger partial charge in [0, 0.05) is 26.2 Å². The van der Waals surface area contributed by atoms with Gasteiger partial charge in [-0.05, 0) is 64.0 Å². The van der Waals surface area contributed by atoms with E-state index in [0.29, 0.717) is 13.6 Å². The predicted molar refractivity (Wildman–Crippen MR) is 112 cm³/mol. The number of Topliss-reactive ketones (excluding diaryl/α,β-unsaturated/α-hetero) is 1. The number of alkyl halides is 1. The summed E-state index contributed by atoms with van der Waals surface area (Å²) in [7, 11) is 2.16. The maximum atomic E-state index is 10.1. The maximum Gasteiger partial charge on any atom is 0.135 e. The molecule has 150 valence electrons. The Hall–Kier alpha value is -1.29. The van der Waals surface area contributed by atoms with E-state index < -0.39 is 0 Å². The number of nitrogens with zero attached hydrogens (tertiary/aromatic N) is 2. The molecule has 4 rings (SSSR count). The molecule has 0 saturated carbocycles. The van der Waals surface area contributed by atoms with Crippen molar-refractivity contribution in [1.29, 1.82) is 0 Å². The van der Waals surface area contributed by atoms with Crippen molar-refractivity contribution in [3.05, 3.63) is 23.8 Å². The van der Waals surface area contributed by atoms with E-state index in [1.54, 1.807) is 20.2 Å². The molecule has 2 unspecified atom stereocenters. The molecule has 26 heavy (non-hydrogen) atoms. The van der Waals surface area contributed by atoms with Crippen LogP contribution in [0, 0.1) is 17.8 Å². The lowest BCUT2D eigenvalue weighted by atomic mass is 9.80. The van der Waals surface area contributed by atoms with Gasteiger partial charge in [0.25, 0.3) is 0 Å². The van der Waals surface area contributed by atoms with Gasteiger partial charge in [-0.1, -0.05) is 37.6 Å². The highest BCUT2D eigenvalue weighted by atomic mass is 19.1. The quantitative estimate of drug-likeness (QED) is 0.635. The number of halogens is 1. The van der Waals surface area contributed by atoms with Crippen molar-refractivity contribution in [3.63, 3.8) is 0 Å². The fraction of sp³-hybridized carbons (Fsp3) is 0.727. The Morgan fingerprint density at radius 2 is 1.92 bits per heavy atom. The lowest BCUT2D eigenvalue weighted by molar-refractivity contribution is -0.115. The Morgan fingerprint density at radius 3 is 2.15 bits per heavy atom. The number of carbonyl (C=O) groups is 1. The van der Waals surface area contributed by atoms with Gasteiger partial charge in [0.1, 0.15) is 5.78 Å². The van der Waals surface area contributed by atoms with Crippen LogP contribution in [0.3, 0.4) is 0 Å². The second-order valence-electron chi connectivity index (χ2n) is 7.44. The summed E-state index contributed by atoms with van der Waals surface area (Å²) in [5.41, 5.74) is 1.51. The highest BCUT2D eigenvalue weighted by Crippen LogP contribution is 2.31. The average molecular weight is 367 g/mol. The van der Waals surface area contributed by atoms with Gasteiger partial charge in [-0.2, -0.15) is 0 Å². The number of piperidine rings is 3. The highest BCUT2D eigenvalue weighted by molar-refractivity contribution is 5.89. The summed E-state index contributed by atoms with van der Waals surface area (Å²) in [6.45, 7) is 12.5. The minimum Gasteiger partial charge on any atom is -0.303 e. The Balaban J connectivity index is 0.000000348. The van der Waals surface area contributed by atoms with E-state index in [9.17, 15) is 9.18 Å². The van der Waals surface area contributed by atoms with Crippen molar-refractivity contribution >= 4 is 12.0 Å². The molecule has 0 aromatic rings. The van der Waals surface area contributed by atoms with Crippen molar-refractivity contribution in [3.8, 4) is 0 Å². The first-order chi connectivity index (χ1) is 12.4. The zero-order valence-corrected chi connectivity index (χ0v) is 17.7. The van der Waals surface area contributed by atoms with Gasteiger partial charge in [0.05, 0.1) is 7.18 Å². The van der Waals surface area contributed by atoms with Gasteiger partial charge in [-0.15, -0.1) is 0 Å². The fourth-order valence-electron chi connectivity index (χ4n) is 3.33. The van der Waals surface area contributed by atoms with Crippen LogP contribution in [0.4, 0.5) is 4.39 Å². The molecule has 3 heterocycles. The first-order valence-corrected chi connectivity index (χ1v) is 9.77. The lowest BCUT2D eigenvalue weighted by Crippen LogP contribution is -2.46. The molecule has 3 aliphatic heterocycles. The minimum absolute atomic E-state index is 0.158. The number of carbonyl (C=O) groups excluding carboxylic acids is 1. The zero-order chi connectivity index (χ0) is 19.9. The van der Waals surface area contributed by atoms with Crippen LogP contribution in [0.25, 0.3) is 0 Å². The molecule has 0 radical (unpaired) electrons. The van der Waals surface area contributed by atoms with Crippen LogP contribution in [0.2, 0.25) is 0 Å². The van der Waals surface area contributed by atoms with Crippen LogP contribution in [0.15, 0.2) is 28.8 Å². The van der Waals surface area contributed by atoms with Crippen LogP contribution >= 0.6 is 0 Å². The second-order valence-corrected chi connectivity index (χ2v) is 7.44. The van der Waals surface area contributed by atoms with Gasteiger partial charge in [-0.3, -0.25) is 9.18 Å². The SMILES string of the molecule is CC1=CC=CCC1C.CC1CN2CCC1CC2.CF.CN=CCC(C)=O. The molecule has 0 spiro atoms.